The summed E-state index contributed by atoms with van der Waals surface area (Å²) < 4.78 is 22.9. The molecule has 0 bridgehead atoms. The lowest BCUT2D eigenvalue weighted by Crippen LogP contribution is -2.17. The highest BCUT2D eigenvalue weighted by molar-refractivity contribution is 7.92. The summed E-state index contributed by atoms with van der Waals surface area (Å²) in [5.41, 5.74) is -0.0997. The largest absolute Gasteiger partial charge is 0.358 e. The molecular formula is C9H12N2O4S2. The lowest BCUT2D eigenvalue weighted by atomic mass is 10.4. The molecular weight excluding hydrogens is 264 g/mol. The van der Waals surface area contributed by atoms with Crippen molar-refractivity contribution in [1.29, 1.82) is 0 Å². The molecule has 0 N–H and O–H groups in total. The summed E-state index contributed by atoms with van der Waals surface area (Å²) in [6.07, 6.45) is 3.04. The smallest absolute Gasteiger partial charge is 0.305 e. The first-order valence-corrected chi connectivity index (χ1v) is 7.83. The molecule has 1 aromatic rings. The first-order chi connectivity index (χ1) is 7.89. The van der Waals surface area contributed by atoms with Crippen molar-refractivity contribution in [1.82, 2.24) is 0 Å². The Kier molecular flexibility index (Phi) is 3.09. The fraction of sp³-hybridized carbons (Fsp3) is 0.556. The highest BCUT2D eigenvalue weighted by atomic mass is 32.2. The summed E-state index contributed by atoms with van der Waals surface area (Å²) in [7, 11) is -3.38. The Morgan fingerprint density at radius 2 is 2.00 bits per heavy atom. The van der Waals surface area contributed by atoms with Gasteiger partial charge in [0.2, 0.25) is 0 Å². The zero-order chi connectivity index (χ0) is 12.6. The minimum atomic E-state index is -3.38. The van der Waals surface area contributed by atoms with Crippen LogP contribution in [0.1, 0.15) is 12.8 Å². The molecule has 0 atom stereocenters. The first kappa shape index (κ1) is 12.3. The van der Waals surface area contributed by atoms with Crippen LogP contribution >= 0.6 is 11.3 Å². The molecule has 0 aliphatic carbocycles. The van der Waals surface area contributed by atoms with Crippen molar-refractivity contribution in [3.8, 4) is 0 Å². The van der Waals surface area contributed by atoms with Crippen LogP contribution in [0.5, 0.6) is 0 Å². The molecule has 0 spiro atoms. The summed E-state index contributed by atoms with van der Waals surface area (Å²) in [6.45, 7) is 1.51. The minimum Gasteiger partial charge on any atom is -0.358 e. The first-order valence-electron chi connectivity index (χ1n) is 5.13. The molecule has 1 saturated heterocycles. The van der Waals surface area contributed by atoms with E-state index in [1.807, 2.05) is 4.90 Å². The van der Waals surface area contributed by atoms with Crippen LogP contribution in [-0.2, 0) is 9.84 Å². The van der Waals surface area contributed by atoms with Gasteiger partial charge in [-0.1, -0.05) is 11.3 Å². The van der Waals surface area contributed by atoms with Gasteiger partial charge in [0.05, 0.1) is 4.92 Å². The number of thiophene rings is 1. The second-order valence-corrected chi connectivity index (χ2v) is 7.25. The van der Waals surface area contributed by atoms with E-state index >= 15 is 0 Å². The maximum Gasteiger partial charge on any atom is 0.305 e. The van der Waals surface area contributed by atoms with Crippen LogP contribution in [0.25, 0.3) is 0 Å². The monoisotopic (exact) mass is 276 g/mol. The summed E-state index contributed by atoms with van der Waals surface area (Å²) in [5, 5.41) is 11.4. The number of rotatable bonds is 3. The van der Waals surface area contributed by atoms with Crippen LogP contribution in [0.4, 0.5) is 10.7 Å². The van der Waals surface area contributed by atoms with Gasteiger partial charge in [0.15, 0.2) is 14.8 Å². The molecule has 1 aromatic heterocycles. The molecule has 0 unspecified atom stereocenters. The van der Waals surface area contributed by atoms with Gasteiger partial charge in [-0.25, -0.2) is 8.42 Å². The fourth-order valence-electron chi connectivity index (χ4n) is 1.81. The van der Waals surface area contributed by atoms with Gasteiger partial charge in [-0.15, -0.1) is 0 Å². The topological polar surface area (TPSA) is 80.5 Å². The summed E-state index contributed by atoms with van der Waals surface area (Å²) in [6, 6.07) is 1.16. The van der Waals surface area contributed by atoms with E-state index in [4.69, 9.17) is 0 Å². The summed E-state index contributed by atoms with van der Waals surface area (Å²) in [5.74, 6) is 0. The predicted octanol–water partition coefficient (Wildman–Crippen LogP) is 1.66. The van der Waals surface area contributed by atoms with E-state index in [-0.39, 0.29) is 9.90 Å². The Morgan fingerprint density at radius 1 is 1.41 bits per heavy atom. The average molecular weight is 276 g/mol. The number of anilines is 1. The van der Waals surface area contributed by atoms with Gasteiger partial charge in [0.1, 0.15) is 4.21 Å². The molecule has 1 aliphatic heterocycles. The molecule has 0 aromatic carbocycles. The van der Waals surface area contributed by atoms with E-state index in [0.717, 1.165) is 49.6 Å². The Hall–Kier alpha value is -1.15. The SMILES string of the molecule is CS(=O)(=O)c1cc([N+](=O)[O-])c(N2CCCC2)s1. The van der Waals surface area contributed by atoms with Crippen LogP contribution in [-0.4, -0.2) is 32.7 Å². The maximum atomic E-state index is 11.4. The molecule has 0 amide bonds. The Bertz CT molecular complexity index is 543. The van der Waals surface area contributed by atoms with Crippen LogP contribution < -0.4 is 4.90 Å². The number of sulfone groups is 1. The molecule has 2 heterocycles. The molecule has 8 heteroatoms. The zero-order valence-electron chi connectivity index (χ0n) is 9.25. The van der Waals surface area contributed by atoms with Gasteiger partial charge in [-0.2, -0.15) is 0 Å². The van der Waals surface area contributed by atoms with Crippen molar-refractivity contribution in [2.45, 2.75) is 17.1 Å². The third-order valence-corrected chi connectivity index (χ3v) is 5.61. The van der Waals surface area contributed by atoms with E-state index in [2.05, 4.69) is 0 Å². The molecule has 0 radical (unpaired) electrons. The van der Waals surface area contributed by atoms with Crippen molar-refractivity contribution in [2.75, 3.05) is 24.2 Å². The van der Waals surface area contributed by atoms with Crippen molar-refractivity contribution in [3.05, 3.63) is 16.2 Å². The van der Waals surface area contributed by atoms with E-state index in [0.29, 0.717) is 5.00 Å². The number of nitro groups is 1. The highest BCUT2D eigenvalue weighted by Gasteiger charge is 2.28. The van der Waals surface area contributed by atoms with Gasteiger partial charge in [0, 0.05) is 25.4 Å². The average Bonchev–Trinajstić information content (AvgIpc) is 2.85. The second-order valence-electron chi connectivity index (χ2n) is 3.98. The number of nitrogens with zero attached hydrogens (tertiary/aromatic N) is 2. The van der Waals surface area contributed by atoms with Crippen LogP contribution in [0.15, 0.2) is 10.3 Å². The third kappa shape index (κ3) is 2.42. The van der Waals surface area contributed by atoms with Crippen molar-refractivity contribution < 1.29 is 13.3 Å². The van der Waals surface area contributed by atoms with Gasteiger partial charge < -0.3 is 4.90 Å². The normalized spacial score (nSPS) is 16.4. The van der Waals surface area contributed by atoms with Crippen molar-refractivity contribution >= 4 is 31.9 Å². The molecule has 17 heavy (non-hydrogen) atoms. The van der Waals surface area contributed by atoms with Crippen molar-refractivity contribution in [2.24, 2.45) is 0 Å². The van der Waals surface area contributed by atoms with Crippen LogP contribution in [0, 0.1) is 10.1 Å². The highest BCUT2D eigenvalue weighted by Crippen LogP contribution is 2.40. The maximum absolute atomic E-state index is 11.4. The van der Waals surface area contributed by atoms with Gasteiger partial charge in [-0.3, -0.25) is 10.1 Å². The fourth-order valence-corrected chi connectivity index (χ4v) is 3.89. The quantitative estimate of drug-likeness (QED) is 0.619. The summed E-state index contributed by atoms with van der Waals surface area (Å²) >= 11 is 0.988. The van der Waals surface area contributed by atoms with Crippen LogP contribution in [0.2, 0.25) is 0 Å². The van der Waals surface area contributed by atoms with E-state index < -0.39 is 14.8 Å². The van der Waals surface area contributed by atoms with E-state index in [1.165, 1.54) is 0 Å². The lowest BCUT2D eigenvalue weighted by Gasteiger charge is -2.13. The van der Waals surface area contributed by atoms with Gasteiger partial charge in [0.25, 0.3) is 0 Å². The number of hydrogen-bond acceptors (Lipinski definition) is 6. The van der Waals surface area contributed by atoms with E-state index in [9.17, 15) is 18.5 Å². The predicted molar refractivity (Wildman–Crippen MR) is 65.5 cm³/mol. The Morgan fingerprint density at radius 3 is 2.47 bits per heavy atom. The summed E-state index contributed by atoms with van der Waals surface area (Å²) in [4.78, 5) is 12.3. The van der Waals surface area contributed by atoms with E-state index in [1.54, 1.807) is 0 Å². The molecule has 6 nitrogen and oxygen atoms in total. The van der Waals surface area contributed by atoms with Crippen molar-refractivity contribution in [3.63, 3.8) is 0 Å². The Labute approximate surface area is 103 Å². The molecule has 2 rings (SSSR count). The van der Waals surface area contributed by atoms with Crippen LogP contribution in [0.3, 0.4) is 0 Å². The minimum absolute atomic E-state index is 0.0612. The molecule has 1 aliphatic rings. The molecule has 1 fully saturated rings. The van der Waals surface area contributed by atoms with Gasteiger partial charge >= 0.3 is 5.69 Å². The van der Waals surface area contributed by atoms with Gasteiger partial charge in [-0.05, 0) is 12.8 Å². The second kappa shape index (κ2) is 4.26. The molecule has 94 valence electrons. The standard InChI is InChI=1S/C9H12N2O4S2/c1-17(14,15)8-6-7(11(12)13)9(16-8)10-4-2-3-5-10/h6H,2-5H2,1H3. The number of hydrogen-bond donors (Lipinski definition) is 0. The lowest BCUT2D eigenvalue weighted by molar-refractivity contribution is -0.383. The Balaban J connectivity index is 2.49. The third-order valence-electron chi connectivity index (χ3n) is 2.63. The zero-order valence-corrected chi connectivity index (χ0v) is 10.9. The molecule has 0 saturated carbocycles.